The predicted molar refractivity (Wildman–Crippen MR) is 64.0 cm³/mol. The molecule has 0 saturated heterocycles. The van der Waals surface area contributed by atoms with Crippen molar-refractivity contribution >= 4 is 0 Å². The second-order valence-electron chi connectivity index (χ2n) is 4.19. The Labute approximate surface area is 92.5 Å². The molecule has 84 valence electrons. The average molecular weight is 207 g/mol. The van der Waals surface area contributed by atoms with Gasteiger partial charge in [-0.3, -0.25) is 4.98 Å². The van der Waals surface area contributed by atoms with Crippen molar-refractivity contribution < 1.29 is 0 Å². The van der Waals surface area contributed by atoms with E-state index in [9.17, 15) is 0 Å². The van der Waals surface area contributed by atoms with E-state index in [1.165, 1.54) is 0 Å². The van der Waals surface area contributed by atoms with E-state index in [2.05, 4.69) is 42.3 Å². The van der Waals surface area contributed by atoms with Crippen LogP contribution in [0.1, 0.15) is 12.6 Å². The van der Waals surface area contributed by atoms with E-state index < -0.39 is 0 Å². The first-order valence-corrected chi connectivity index (χ1v) is 5.46. The molecule has 0 spiro atoms. The van der Waals surface area contributed by atoms with Gasteiger partial charge >= 0.3 is 0 Å². The number of likely N-dealkylation sites (N-methyl/N-ethyl adjacent to an activating group) is 1. The fourth-order valence-electron chi connectivity index (χ4n) is 1.60. The van der Waals surface area contributed by atoms with Crippen LogP contribution in [0.15, 0.2) is 24.4 Å². The standard InChI is InChI=1S/C12H21N3/c1-11(10-15(2)3)13-9-7-12-6-4-5-8-14-12/h4-6,8,11,13H,7,9-10H2,1-3H3. The summed E-state index contributed by atoms with van der Waals surface area (Å²) >= 11 is 0. The quantitative estimate of drug-likeness (QED) is 0.759. The summed E-state index contributed by atoms with van der Waals surface area (Å²) in [5.41, 5.74) is 1.15. The van der Waals surface area contributed by atoms with Crippen molar-refractivity contribution in [2.45, 2.75) is 19.4 Å². The van der Waals surface area contributed by atoms with Crippen molar-refractivity contribution in [2.75, 3.05) is 27.2 Å². The fourth-order valence-corrected chi connectivity index (χ4v) is 1.60. The second-order valence-corrected chi connectivity index (χ2v) is 4.19. The maximum atomic E-state index is 4.29. The number of hydrogen-bond donors (Lipinski definition) is 1. The van der Waals surface area contributed by atoms with Crippen LogP contribution in [0, 0.1) is 0 Å². The number of pyridine rings is 1. The minimum Gasteiger partial charge on any atom is -0.313 e. The van der Waals surface area contributed by atoms with Crippen LogP contribution in [0.2, 0.25) is 0 Å². The van der Waals surface area contributed by atoms with Gasteiger partial charge in [-0.05, 0) is 33.2 Å². The highest BCUT2D eigenvalue weighted by molar-refractivity contribution is 5.03. The van der Waals surface area contributed by atoms with Crippen LogP contribution in [0.4, 0.5) is 0 Å². The van der Waals surface area contributed by atoms with Crippen LogP contribution >= 0.6 is 0 Å². The first-order chi connectivity index (χ1) is 7.18. The summed E-state index contributed by atoms with van der Waals surface area (Å²) in [5, 5.41) is 3.48. The topological polar surface area (TPSA) is 28.2 Å². The van der Waals surface area contributed by atoms with E-state index in [0.717, 1.165) is 25.2 Å². The van der Waals surface area contributed by atoms with Gasteiger partial charge in [0.1, 0.15) is 0 Å². The van der Waals surface area contributed by atoms with E-state index in [1.807, 2.05) is 18.3 Å². The first kappa shape index (κ1) is 12.1. The lowest BCUT2D eigenvalue weighted by molar-refractivity contribution is 0.351. The summed E-state index contributed by atoms with van der Waals surface area (Å²) in [7, 11) is 4.19. The molecule has 0 aliphatic heterocycles. The molecule has 0 saturated carbocycles. The molecule has 1 aromatic heterocycles. The predicted octanol–water partition coefficient (Wildman–Crippen LogP) is 1.16. The van der Waals surface area contributed by atoms with Gasteiger partial charge in [0, 0.05) is 37.4 Å². The fraction of sp³-hybridized carbons (Fsp3) is 0.583. The number of nitrogens with one attached hydrogen (secondary N) is 1. The summed E-state index contributed by atoms with van der Waals surface area (Å²) in [6.07, 6.45) is 2.84. The van der Waals surface area contributed by atoms with Gasteiger partial charge in [0.25, 0.3) is 0 Å². The van der Waals surface area contributed by atoms with Crippen LogP contribution in [-0.2, 0) is 6.42 Å². The summed E-state index contributed by atoms with van der Waals surface area (Å²) in [5.74, 6) is 0. The van der Waals surface area contributed by atoms with Crippen LogP contribution in [0.3, 0.4) is 0 Å². The maximum absolute atomic E-state index is 4.29. The second kappa shape index (κ2) is 6.53. The summed E-state index contributed by atoms with van der Waals surface area (Å²) in [6.45, 7) is 4.27. The number of aromatic nitrogens is 1. The molecule has 1 atom stereocenters. The highest BCUT2D eigenvalue weighted by Gasteiger charge is 2.01. The van der Waals surface area contributed by atoms with Crippen molar-refractivity contribution in [1.82, 2.24) is 15.2 Å². The van der Waals surface area contributed by atoms with E-state index in [-0.39, 0.29) is 0 Å². The van der Waals surface area contributed by atoms with Crippen LogP contribution in [0.25, 0.3) is 0 Å². The molecule has 0 aromatic carbocycles. The molecule has 0 aliphatic rings. The normalized spacial score (nSPS) is 13.1. The third-order valence-corrected chi connectivity index (χ3v) is 2.24. The van der Waals surface area contributed by atoms with Gasteiger partial charge < -0.3 is 10.2 Å². The van der Waals surface area contributed by atoms with Crippen molar-refractivity contribution in [2.24, 2.45) is 0 Å². The third-order valence-electron chi connectivity index (χ3n) is 2.24. The van der Waals surface area contributed by atoms with Crippen molar-refractivity contribution in [1.29, 1.82) is 0 Å². The number of hydrogen-bond acceptors (Lipinski definition) is 3. The van der Waals surface area contributed by atoms with Gasteiger partial charge in [-0.15, -0.1) is 0 Å². The van der Waals surface area contributed by atoms with Crippen LogP contribution in [-0.4, -0.2) is 43.1 Å². The van der Waals surface area contributed by atoms with Gasteiger partial charge in [-0.1, -0.05) is 6.07 Å². The molecule has 1 unspecified atom stereocenters. The molecule has 0 aliphatic carbocycles. The molecular formula is C12H21N3. The summed E-state index contributed by atoms with van der Waals surface area (Å²) < 4.78 is 0. The SMILES string of the molecule is CC(CN(C)C)NCCc1ccccn1. The molecule has 1 N–H and O–H groups in total. The zero-order chi connectivity index (χ0) is 11.1. The Morgan fingerprint density at radius 2 is 2.20 bits per heavy atom. The van der Waals surface area contributed by atoms with Gasteiger partial charge in [0.15, 0.2) is 0 Å². The highest BCUT2D eigenvalue weighted by atomic mass is 15.1. The Kier molecular flexibility index (Phi) is 5.29. The first-order valence-electron chi connectivity index (χ1n) is 5.46. The van der Waals surface area contributed by atoms with E-state index in [1.54, 1.807) is 0 Å². The van der Waals surface area contributed by atoms with Crippen LogP contribution < -0.4 is 5.32 Å². The lowest BCUT2D eigenvalue weighted by Crippen LogP contribution is -2.36. The molecule has 1 aromatic rings. The third kappa shape index (κ3) is 5.50. The Morgan fingerprint density at radius 1 is 1.40 bits per heavy atom. The molecule has 3 nitrogen and oxygen atoms in total. The zero-order valence-corrected chi connectivity index (χ0v) is 9.90. The van der Waals surface area contributed by atoms with Gasteiger partial charge in [-0.2, -0.15) is 0 Å². The Balaban J connectivity index is 2.16. The van der Waals surface area contributed by atoms with Crippen molar-refractivity contribution in [3.63, 3.8) is 0 Å². The lowest BCUT2D eigenvalue weighted by Gasteiger charge is -2.18. The smallest absolute Gasteiger partial charge is 0.0416 e. The van der Waals surface area contributed by atoms with E-state index in [4.69, 9.17) is 0 Å². The van der Waals surface area contributed by atoms with E-state index in [0.29, 0.717) is 6.04 Å². The van der Waals surface area contributed by atoms with Gasteiger partial charge in [0.05, 0.1) is 0 Å². The molecule has 3 heteroatoms. The Bertz CT molecular complexity index is 259. The van der Waals surface area contributed by atoms with Gasteiger partial charge in [-0.25, -0.2) is 0 Å². The van der Waals surface area contributed by atoms with Crippen molar-refractivity contribution in [3.05, 3.63) is 30.1 Å². The molecule has 0 radical (unpaired) electrons. The lowest BCUT2D eigenvalue weighted by atomic mass is 10.2. The number of rotatable bonds is 6. The van der Waals surface area contributed by atoms with Crippen molar-refractivity contribution in [3.8, 4) is 0 Å². The summed E-state index contributed by atoms with van der Waals surface area (Å²) in [6, 6.07) is 6.58. The molecular weight excluding hydrogens is 186 g/mol. The minimum atomic E-state index is 0.531. The Hall–Kier alpha value is -0.930. The Morgan fingerprint density at radius 3 is 2.80 bits per heavy atom. The molecule has 0 fully saturated rings. The number of nitrogens with zero attached hydrogens (tertiary/aromatic N) is 2. The molecule has 0 amide bonds. The van der Waals surface area contributed by atoms with E-state index >= 15 is 0 Å². The molecule has 15 heavy (non-hydrogen) atoms. The summed E-state index contributed by atoms with van der Waals surface area (Å²) in [4.78, 5) is 6.48. The minimum absolute atomic E-state index is 0.531. The molecule has 1 heterocycles. The largest absolute Gasteiger partial charge is 0.313 e. The highest BCUT2D eigenvalue weighted by Crippen LogP contribution is 1.94. The molecule has 0 bridgehead atoms. The molecule has 1 rings (SSSR count). The zero-order valence-electron chi connectivity index (χ0n) is 9.90. The van der Waals surface area contributed by atoms with Crippen LogP contribution in [0.5, 0.6) is 0 Å². The average Bonchev–Trinajstić information content (AvgIpc) is 2.18. The van der Waals surface area contributed by atoms with Gasteiger partial charge in [0.2, 0.25) is 0 Å². The maximum Gasteiger partial charge on any atom is 0.0416 e. The monoisotopic (exact) mass is 207 g/mol.